The zero-order valence-electron chi connectivity index (χ0n) is 20.6. The van der Waals surface area contributed by atoms with Crippen molar-refractivity contribution < 1.29 is 19.7 Å². The van der Waals surface area contributed by atoms with E-state index in [9.17, 15) is 10.2 Å². The van der Waals surface area contributed by atoms with Gasteiger partial charge in [-0.05, 0) is 17.7 Å². The molecule has 1 saturated heterocycles. The van der Waals surface area contributed by atoms with Crippen LogP contribution in [0.25, 0.3) is 11.2 Å². The van der Waals surface area contributed by atoms with Gasteiger partial charge in [0.15, 0.2) is 23.2 Å². The standard InChI is InChI=1S/C27H32N6O4/c1-36-15-20-23(34)24(35)27(37-20)33-16-30-22-25(31-21(12-13-28)32-26(22)33)29-14-19(17-8-4-2-5-9-17)18-10-6-3-7-11-18/h2-11,16,19-20,23-24,27,34-35H,12-15,28H2,1H3,(H,29,31,32). The summed E-state index contributed by atoms with van der Waals surface area (Å²) in [4.78, 5) is 13.9. The molecule has 1 fully saturated rings. The van der Waals surface area contributed by atoms with Crippen LogP contribution in [0.15, 0.2) is 67.0 Å². The molecule has 10 nitrogen and oxygen atoms in total. The summed E-state index contributed by atoms with van der Waals surface area (Å²) < 4.78 is 12.7. The van der Waals surface area contributed by atoms with Crippen molar-refractivity contribution in [2.45, 2.75) is 36.9 Å². The van der Waals surface area contributed by atoms with E-state index in [4.69, 9.17) is 20.2 Å². The largest absolute Gasteiger partial charge is 0.387 e. The third-order valence-electron chi connectivity index (χ3n) is 6.66. The lowest BCUT2D eigenvalue weighted by Crippen LogP contribution is -2.33. The van der Waals surface area contributed by atoms with Gasteiger partial charge in [0.05, 0.1) is 12.9 Å². The Kier molecular flexibility index (Phi) is 7.73. The van der Waals surface area contributed by atoms with Crippen molar-refractivity contribution in [1.29, 1.82) is 0 Å². The van der Waals surface area contributed by atoms with Gasteiger partial charge in [-0.15, -0.1) is 0 Å². The molecule has 0 aliphatic carbocycles. The molecule has 10 heteroatoms. The van der Waals surface area contributed by atoms with E-state index in [2.05, 4.69) is 39.6 Å². The maximum absolute atomic E-state index is 10.7. The van der Waals surface area contributed by atoms with Gasteiger partial charge in [-0.1, -0.05) is 60.7 Å². The number of hydrogen-bond donors (Lipinski definition) is 4. The van der Waals surface area contributed by atoms with Crippen LogP contribution < -0.4 is 11.1 Å². The fraction of sp³-hybridized carbons (Fsp3) is 0.370. The van der Waals surface area contributed by atoms with E-state index in [1.165, 1.54) is 18.2 Å². The lowest BCUT2D eigenvalue weighted by atomic mass is 9.91. The molecule has 37 heavy (non-hydrogen) atoms. The molecular weight excluding hydrogens is 472 g/mol. The molecule has 0 bridgehead atoms. The van der Waals surface area contributed by atoms with Crippen LogP contribution in [0.3, 0.4) is 0 Å². The number of rotatable bonds is 10. The quantitative estimate of drug-likeness (QED) is 0.255. The van der Waals surface area contributed by atoms with Gasteiger partial charge < -0.3 is 30.7 Å². The second-order valence-electron chi connectivity index (χ2n) is 9.11. The van der Waals surface area contributed by atoms with Gasteiger partial charge in [0, 0.05) is 26.0 Å². The van der Waals surface area contributed by atoms with Crippen LogP contribution in [-0.4, -0.2) is 74.9 Å². The van der Waals surface area contributed by atoms with Crippen molar-refractivity contribution in [3.63, 3.8) is 0 Å². The summed E-state index contributed by atoms with van der Waals surface area (Å²) in [5.41, 5.74) is 9.22. The average Bonchev–Trinajstić information content (AvgIpc) is 3.47. The Bertz CT molecular complexity index is 1260. The molecule has 4 atom stereocenters. The van der Waals surface area contributed by atoms with Gasteiger partial charge in [0.1, 0.15) is 24.1 Å². The van der Waals surface area contributed by atoms with E-state index in [0.29, 0.717) is 42.3 Å². The van der Waals surface area contributed by atoms with Crippen LogP contribution in [0, 0.1) is 0 Å². The fourth-order valence-electron chi connectivity index (χ4n) is 4.77. The van der Waals surface area contributed by atoms with Crippen molar-refractivity contribution in [3.8, 4) is 0 Å². The molecule has 2 aromatic carbocycles. The van der Waals surface area contributed by atoms with E-state index in [-0.39, 0.29) is 12.5 Å². The number of nitrogens with two attached hydrogens (primary N) is 1. The summed E-state index contributed by atoms with van der Waals surface area (Å²) in [5, 5.41) is 24.6. The molecule has 4 unspecified atom stereocenters. The fourth-order valence-corrected chi connectivity index (χ4v) is 4.77. The molecule has 5 rings (SSSR count). The molecule has 1 aliphatic heterocycles. The molecule has 3 heterocycles. The van der Waals surface area contributed by atoms with Crippen LogP contribution in [0.1, 0.15) is 29.1 Å². The van der Waals surface area contributed by atoms with Crippen molar-refractivity contribution >= 4 is 17.0 Å². The Morgan fingerprint density at radius 2 is 1.70 bits per heavy atom. The second kappa shape index (κ2) is 11.3. The Morgan fingerprint density at radius 3 is 2.32 bits per heavy atom. The number of imidazole rings is 1. The topological polar surface area (TPSA) is 141 Å². The molecule has 4 aromatic rings. The molecule has 194 valence electrons. The normalized spacial score (nSPS) is 21.6. The third kappa shape index (κ3) is 5.20. The molecule has 5 N–H and O–H groups in total. The maximum Gasteiger partial charge on any atom is 0.167 e. The van der Waals surface area contributed by atoms with E-state index in [1.54, 1.807) is 10.9 Å². The van der Waals surface area contributed by atoms with Gasteiger partial charge in [-0.25, -0.2) is 15.0 Å². The first kappa shape index (κ1) is 25.2. The monoisotopic (exact) mass is 504 g/mol. The van der Waals surface area contributed by atoms with Crippen LogP contribution in [-0.2, 0) is 15.9 Å². The molecule has 1 aliphatic rings. The summed E-state index contributed by atoms with van der Waals surface area (Å²) >= 11 is 0. The summed E-state index contributed by atoms with van der Waals surface area (Å²) in [6, 6.07) is 20.6. The lowest BCUT2D eigenvalue weighted by molar-refractivity contribution is -0.0580. The summed E-state index contributed by atoms with van der Waals surface area (Å²) in [6.45, 7) is 1.11. The number of aliphatic hydroxyl groups is 2. The Labute approximate surface area is 215 Å². The first-order valence-electron chi connectivity index (χ1n) is 12.4. The number of nitrogens with zero attached hydrogens (tertiary/aromatic N) is 4. The first-order chi connectivity index (χ1) is 18.1. The number of anilines is 1. The minimum absolute atomic E-state index is 0.0809. The summed E-state index contributed by atoms with van der Waals surface area (Å²) in [5.74, 6) is 1.21. The van der Waals surface area contributed by atoms with Crippen LogP contribution in [0.5, 0.6) is 0 Å². The number of aromatic nitrogens is 4. The minimum Gasteiger partial charge on any atom is -0.387 e. The first-order valence-corrected chi connectivity index (χ1v) is 12.4. The predicted molar refractivity (Wildman–Crippen MR) is 139 cm³/mol. The number of benzene rings is 2. The average molecular weight is 505 g/mol. The highest BCUT2D eigenvalue weighted by atomic mass is 16.6. The maximum atomic E-state index is 10.7. The van der Waals surface area contributed by atoms with Crippen molar-refractivity contribution in [3.05, 3.63) is 83.9 Å². The van der Waals surface area contributed by atoms with E-state index < -0.39 is 24.5 Å². The summed E-state index contributed by atoms with van der Waals surface area (Å²) in [7, 11) is 1.52. The van der Waals surface area contributed by atoms with Crippen LogP contribution in [0.2, 0.25) is 0 Å². The van der Waals surface area contributed by atoms with Crippen LogP contribution in [0.4, 0.5) is 5.82 Å². The number of fused-ring (bicyclic) bond motifs is 1. The van der Waals surface area contributed by atoms with Gasteiger partial charge >= 0.3 is 0 Å². The van der Waals surface area contributed by atoms with E-state index in [1.807, 2.05) is 36.4 Å². The van der Waals surface area contributed by atoms with E-state index >= 15 is 0 Å². The minimum atomic E-state index is -1.16. The molecule has 0 amide bonds. The summed E-state index contributed by atoms with van der Waals surface area (Å²) in [6.07, 6.45) is -1.76. The van der Waals surface area contributed by atoms with Crippen molar-refractivity contribution in [2.75, 3.05) is 32.1 Å². The van der Waals surface area contributed by atoms with E-state index in [0.717, 1.165) is 0 Å². The third-order valence-corrected chi connectivity index (χ3v) is 6.66. The van der Waals surface area contributed by atoms with Gasteiger partial charge in [0.2, 0.25) is 0 Å². The SMILES string of the molecule is COCC1OC(n2cnc3c(NCC(c4ccccc4)c4ccccc4)nc(CCN)nc32)C(O)C1O. The predicted octanol–water partition coefficient (Wildman–Crippen LogP) is 1.84. The highest BCUT2D eigenvalue weighted by Gasteiger charge is 2.44. The molecule has 0 spiro atoms. The van der Waals surface area contributed by atoms with Crippen LogP contribution >= 0.6 is 0 Å². The second-order valence-corrected chi connectivity index (χ2v) is 9.11. The zero-order valence-corrected chi connectivity index (χ0v) is 20.6. The van der Waals surface area contributed by atoms with Crippen molar-refractivity contribution in [1.82, 2.24) is 19.5 Å². The number of aliphatic hydroxyl groups excluding tert-OH is 2. The van der Waals surface area contributed by atoms with Gasteiger partial charge in [-0.3, -0.25) is 4.57 Å². The molecule has 2 aromatic heterocycles. The number of hydrogen-bond acceptors (Lipinski definition) is 9. The Hall–Kier alpha value is -3.41. The van der Waals surface area contributed by atoms with Gasteiger partial charge in [-0.2, -0.15) is 0 Å². The van der Waals surface area contributed by atoms with Crippen molar-refractivity contribution in [2.24, 2.45) is 5.73 Å². The molecule has 0 radical (unpaired) electrons. The number of methoxy groups -OCH3 is 1. The Morgan fingerprint density at radius 1 is 1.03 bits per heavy atom. The number of nitrogens with one attached hydrogen (secondary N) is 1. The molecular formula is C27H32N6O4. The molecule has 0 saturated carbocycles. The van der Waals surface area contributed by atoms with Gasteiger partial charge in [0.25, 0.3) is 0 Å². The Balaban J connectivity index is 1.49. The number of ether oxygens (including phenoxy) is 2. The smallest absolute Gasteiger partial charge is 0.167 e. The lowest BCUT2D eigenvalue weighted by Gasteiger charge is -2.20. The highest BCUT2D eigenvalue weighted by Crippen LogP contribution is 2.33. The highest BCUT2D eigenvalue weighted by molar-refractivity contribution is 5.83. The zero-order chi connectivity index (χ0) is 25.8.